The zero-order chi connectivity index (χ0) is 13.7. The minimum Gasteiger partial charge on any atom is -0.506 e. The van der Waals surface area contributed by atoms with Crippen molar-refractivity contribution < 1.29 is 14.2 Å². The van der Waals surface area contributed by atoms with Crippen molar-refractivity contribution in [1.82, 2.24) is 0 Å². The lowest BCUT2D eigenvalue weighted by Crippen LogP contribution is -1.96. The molecule has 0 atom stereocenters. The van der Waals surface area contributed by atoms with Crippen LogP contribution < -0.4 is 10.1 Å². The lowest BCUT2D eigenvalue weighted by Gasteiger charge is -2.06. The van der Waals surface area contributed by atoms with Crippen LogP contribution in [0, 0.1) is 5.82 Å². The number of fused-ring (bicyclic) bond motifs is 4. The maximum atomic E-state index is 13.3. The van der Waals surface area contributed by atoms with E-state index >= 15 is 0 Å². The zero-order valence-electron chi connectivity index (χ0n) is 10.3. The van der Waals surface area contributed by atoms with Gasteiger partial charge in [-0.3, -0.25) is 0 Å². The third-order valence-corrected chi connectivity index (χ3v) is 4.51. The normalized spacial score (nSPS) is 13.1. The third-order valence-electron chi connectivity index (χ3n) is 3.36. The maximum absolute atomic E-state index is 13.3. The molecule has 0 saturated carbocycles. The number of ether oxygens (including phenoxy) is 1. The Labute approximate surface area is 118 Å². The summed E-state index contributed by atoms with van der Waals surface area (Å²) in [4.78, 5) is 0. The summed E-state index contributed by atoms with van der Waals surface area (Å²) in [5.74, 6) is 0.372. The zero-order valence-corrected chi connectivity index (χ0v) is 11.1. The van der Waals surface area contributed by atoms with Gasteiger partial charge in [0.25, 0.3) is 0 Å². The second-order valence-corrected chi connectivity index (χ2v) is 5.60. The standard InChI is InChI=1S/C15H10FNO2S/c16-8-4-5-11-13(6-8)19-15-10(7-17-11)9-2-1-3-12(18)14(9)20-15/h1-6,17-18H,7H2. The van der Waals surface area contributed by atoms with Gasteiger partial charge in [-0.15, -0.1) is 0 Å². The number of nitrogens with one attached hydrogen (secondary N) is 1. The minimum atomic E-state index is -0.335. The number of halogens is 1. The van der Waals surface area contributed by atoms with E-state index in [9.17, 15) is 9.50 Å². The van der Waals surface area contributed by atoms with Crippen LogP contribution in [0.2, 0.25) is 0 Å². The first kappa shape index (κ1) is 11.5. The first-order chi connectivity index (χ1) is 9.72. The van der Waals surface area contributed by atoms with Crippen LogP contribution in [0.4, 0.5) is 10.1 Å². The molecule has 0 unspecified atom stereocenters. The monoisotopic (exact) mass is 287 g/mol. The number of anilines is 1. The van der Waals surface area contributed by atoms with Gasteiger partial charge in [-0.1, -0.05) is 23.5 Å². The molecule has 100 valence electrons. The number of hydrogen-bond donors (Lipinski definition) is 2. The molecule has 2 aromatic carbocycles. The average molecular weight is 287 g/mol. The van der Waals surface area contributed by atoms with E-state index in [-0.39, 0.29) is 11.6 Å². The number of rotatable bonds is 0. The van der Waals surface area contributed by atoms with Crippen LogP contribution in [0.5, 0.6) is 16.6 Å². The van der Waals surface area contributed by atoms with E-state index in [1.54, 1.807) is 12.1 Å². The summed E-state index contributed by atoms with van der Waals surface area (Å²) in [5, 5.41) is 14.8. The van der Waals surface area contributed by atoms with Crippen molar-refractivity contribution in [3.05, 3.63) is 47.8 Å². The highest BCUT2D eigenvalue weighted by Gasteiger charge is 2.21. The van der Waals surface area contributed by atoms with E-state index in [1.807, 2.05) is 12.1 Å². The number of aromatic hydroxyl groups is 1. The summed E-state index contributed by atoms with van der Waals surface area (Å²) < 4.78 is 19.9. The van der Waals surface area contributed by atoms with Crippen LogP contribution in [0.25, 0.3) is 10.1 Å². The van der Waals surface area contributed by atoms with Gasteiger partial charge in [-0.25, -0.2) is 4.39 Å². The molecule has 1 aliphatic rings. The Balaban J connectivity index is 1.92. The largest absolute Gasteiger partial charge is 0.506 e. The molecule has 4 rings (SSSR count). The molecule has 0 fully saturated rings. The van der Waals surface area contributed by atoms with E-state index in [2.05, 4.69) is 5.32 Å². The van der Waals surface area contributed by atoms with Gasteiger partial charge in [0, 0.05) is 23.6 Å². The topological polar surface area (TPSA) is 41.5 Å². The summed E-state index contributed by atoms with van der Waals surface area (Å²) in [5.41, 5.74) is 1.75. The lowest BCUT2D eigenvalue weighted by molar-refractivity contribution is 0.482. The van der Waals surface area contributed by atoms with Crippen molar-refractivity contribution >= 4 is 27.1 Å². The molecule has 0 amide bonds. The minimum absolute atomic E-state index is 0.239. The second kappa shape index (κ2) is 4.11. The van der Waals surface area contributed by atoms with Gasteiger partial charge in [-0.2, -0.15) is 0 Å². The van der Waals surface area contributed by atoms with Crippen LogP contribution in [-0.2, 0) is 6.54 Å². The van der Waals surface area contributed by atoms with Crippen molar-refractivity contribution in [2.24, 2.45) is 0 Å². The van der Waals surface area contributed by atoms with Crippen LogP contribution in [0.15, 0.2) is 36.4 Å². The molecule has 5 heteroatoms. The Kier molecular flexibility index (Phi) is 2.37. The van der Waals surface area contributed by atoms with Gasteiger partial charge >= 0.3 is 0 Å². The second-order valence-electron chi connectivity index (χ2n) is 4.62. The quantitative estimate of drug-likeness (QED) is 0.641. The molecule has 3 nitrogen and oxygen atoms in total. The van der Waals surface area contributed by atoms with E-state index < -0.39 is 0 Å². The predicted molar refractivity (Wildman–Crippen MR) is 77.3 cm³/mol. The van der Waals surface area contributed by atoms with E-state index in [0.717, 1.165) is 21.3 Å². The van der Waals surface area contributed by atoms with Gasteiger partial charge in [0.2, 0.25) is 0 Å². The maximum Gasteiger partial charge on any atom is 0.187 e. The lowest BCUT2D eigenvalue weighted by atomic mass is 10.1. The number of hydrogen-bond acceptors (Lipinski definition) is 4. The summed E-state index contributed by atoms with van der Waals surface area (Å²) >= 11 is 1.37. The molecule has 20 heavy (non-hydrogen) atoms. The molecule has 0 saturated heterocycles. The van der Waals surface area contributed by atoms with Crippen molar-refractivity contribution in [3.8, 4) is 16.6 Å². The highest BCUT2D eigenvalue weighted by molar-refractivity contribution is 7.21. The summed E-state index contributed by atoms with van der Waals surface area (Å²) in [6.45, 7) is 0.581. The fourth-order valence-electron chi connectivity index (χ4n) is 2.39. The van der Waals surface area contributed by atoms with Crippen LogP contribution in [0.1, 0.15) is 5.56 Å². The number of phenolic OH excluding ortho intramolecular Hbond substituents is 1. The van der Waals surface area contributed by atoms with E-state index in [0.29, 0.717) is 17.4 Å². The van der Waals surface area contributed by atoms with Crippen LogP contribution in [0.3, 0.4) is 0 Å². The SMILES string of the molecule is Oc1cccc2c3c(sc12)Oc1cc(F)ccc1NC3. The van der Waals surface area contributed by atoms with Crippen LogP contribution >= 0.6 is 11.3 Å². The fraction of sp³-hybridized carbons (Fsp3) is 0.0667. The number of benzene rings is 2. The summed E-state index contributed by atoms with van der Waals surface area (Å²) in [6, 6.07) is 9.84. The fourth-order valence-corrected chi connectivity index (χ4v) is 3.49. The molecule has 0 bridgehead atoms. The summed E-state index contributed by atoms with van der Waals surface area (Å²) in [7, 11) is 0. The van der Waals surface area contributed by atoms with Gasteiger partial charge in [0.1, 0.15) is 11.6 Å². The Bertz CT molecular complexity index is 828. The van der Waals surface area contributed by atoms with Crippen molar-refractivity contribution in [3.63, 3.8) is 0 Å². The van der Waals surface area contributed by atoms with Crippen molar-refractivity contribution in [2.45, 2.75) is 6.54 Å². The molecule has 0 spiro atoms. The first-order valence-corrected chi connectivity index (χ1v) is 6.98. The van der Waals surface area contributed by atoms with Gasteiger partial charge in [-0.05, 0) is 18.2 Å². The molecule has 0 radical (unpaired) electrons. The predicted octanol–water partition coefficient (Wildman–Crippen LogP) is 4.46. The first-order valence-electron chi connectivity index (χ1n) is 6.17. The smallest absolute Gasteiger partial charge is 0.187 e. The Morgan fingerprint density at radius 2 is 2.15 bits per heavy atom. The highest BCUT2D eigenvalue weighted by Crippen LogP contribution is 2.46. The van der Waals surface area contributed by atoms with E-state index in [1.165, 1.54) is 23.5 Å². The third kappa shape index (κ3) is 1.63. The molecule has 2 heterocycles. The van der Waals surface area contributed by atoms with Gasteiger partial charge < -0.3 is 15.2 Å². The molecule has 1 aromatic heterocycles. The molecule has 2 N–H and O–H groups in total. The molecule has 0 aliphatic carbocycles. The number of thiophene rings is 1. The van der Waals surface area contributed by atoms with Crippen molar-refractivity contribution in [1.29, 1.82) is 0 Å². The van der Waals surface area contributed by atoms with E-state index in [4.69, 9.17) is 4.74 Å². The summed E-state index contributed by atoms with van der Waals surface area (Å²) in [6.07, 6.45) is 0. The number of phenols is 1. The average Bonchev–Trinajstić information content (AvgIpc) is 2.68. The molecular formula is C15H10FNO2S. The molecule has 3 aromatic rings. The van der Waals surface area contributed by atoms with Gasteiger partial charge in [0.05, 0.1) is 10.4 Å². The highest BCUT2D eigenvalue weighted by atomic mass is 32.1. The molecular weight excluding hydrogens is 277 g/mol. The Morgan fingerprint density at radius 1 is 1.25 bits per heavy atom. The van der Waals surface area contributed by atoms with Crippen LogP contribution in [-0.4, -0.2) is 5.11 Å². The van der Waals surface area contributed by atoms with Crippen molar-refractivity contribution in [2.75, 3.05) is 5.32 Å². The van der Waals surface area contributed by atoms with Gasteiger partial charge in [0.15, 0.2) is 10.8 Å². The Morgan fingerprint density at radius 3 is 3.05 bits per heavy atom. The Hall–Kier alpha value is -2.27. The molecule has 1 aliphatic heterocycles.